The number of hydrogen-bond donors (Lipinski definition) is 1. The van der Waals surface area contributed by atoms with Crippen molar-refractivity contribution in [1.29, 1.82) is 0 Å². The third kappa shape index (κ3) is 4.27. The lowest BCUT2D eigenvalue weighted by molar-refractivity contribution is 0.0866. The molecule has 100 valence electrons. The summed E-state index contributed by atoms with van der Waals surface area (Å²) in [5.74, 6) is 0.144. The molecule has 1 atom stereocenters. The normalized spacial score (nSPS) is 12.6. The van der Waals surface area contributed by atoms with E-state index in [0.29, 0.717) is 23.2 Å². The van der Waals surface area contributed by atoms with E-state index in [0.717, 1.165) is 5.69 Å². The summed E-state index contributed by atoms with van der Waals surface area (Å²) in [4.78, 5) is 16.1. The van der Waals surface area contributed by atoms with Crippen molar-refractivity contribution < 1.29 is 9.53 Å². The minimum atomic E-state index is -0.154. The van der Waals surface area contributed by atoms with Crippen molar-refractivity contribution in [3.63, 3.8) is 0 Å². The van der Waals surface area contributed by atoms with Crippen LogP contribution in [0, 0.1) is 12.8 Å². The van der Waals surface area contributed by atoms with Gasteiger partial charge in [-0.25, -0.2) is 4.98 Å². The summed E-state index contributed by atoms with van der Waals surface area (Å²) >= 11 is 5.84. The van der Waals surface area contributed by atoms with E-state index in [-0.39, 0.29) is 11.9 Å². The Balaban J connectivity index is 2.80. The lowest BCUT2D eigenvalue weighted by Gasteiger charge is -2.21. The minimum absolute atomic E-state index is 0.0188. The number of nitrogens with zero attached hydrogens (tertiary/aromatic N) is 1. The second kappa shape index (κ2) is 6.71. The van der Waals surface area contributed by atoms with Gasteiger partial charge in [0.05, 0.1) is 12.6 Å². The fraction of sp³-hybridized carbons (Fsp3) is 0.538. The molecule has 0 aliphatic rings. The van der Waals surface area contributed by atoms with Crippen LogP contribution >= 0.6 is 11.6 Å². The summed E-state index contributed by atoms with van der Waals surface area (Å²) in [6.45, 7) is 6.36. The Hall–Kier alpha value is -1.13. The highest BCUT2D eigenvalue weighted by Gasteiger charge is 2.17. The van der Waals surface area contributed by atoms with Gasteiger partial charge in [0.15, 0.2) is 0 Å². The molecule has 1 heterocycles. The van der Waals surface area contributed by atoms with Gasteiger partial charge in [0.25, 0.3) is 5.91 Å². The molecule has 4 nitrogen and oxygen atoms in total. The first-order valence-electron chi connectivity index (χ1n) is 5.88. The monoisotopic (exact) mass is 270 g/mol. The molecule has 0 saturated carbocycles. The minimum Gasteiger partial charge on any atom is -0.383 e. The van der Waals surface area contributed by atoms with Crippen LogP contribution in [0.2, 0.25) is 5.15 Å². The second-order valence-corrected chi connectivity index (χ2v) is 4.99. The van der Waals surface area contributed by atoms with Gasteiger partial charge in [-0.3, -0.25) is 4.79 Å². The molecule has 0 bridgehead atoms. The number of aryl methyl sites for hydroxylation is 1. The Morgan fingerprint density at radius 3 is 2.67 bits per heavy atom. The summed E-state index contributed by atoms with van der Waals surface area (Å²) in [5, 5.41) is 3.26. The third-order valence-corrected chi connectivity index (χ3v) is 2.85. The molecule has 1 aromatic heterocycles. The molecule has 0 spiro atoms. The number of nitrogens with one attached hydrogen (secondary N) is 1. The van der Waals surface area contributed by atoms with E-state index in [9.17, 15) is 4.79 Å². The number of hydrogen-bond acceptors (Lipinski definition) is 3. The Morgan fingerprint density at radius 2 is 2.17 bits per heavy atom. The molecule has 0 aliphatic carbocycles. The van der Waals surface area contributed by atoms with E-state index < -0.39 is 0 Å². The average molecular weight is 271 g/mol. The summed E-state index contributed by atoms with van der Waals surface area (Å²) in [7, 11) is 1.62. The van der Waals surface area contributed by atoms with Crippen molar-refractivity contribution in [1.82, 2.24) is 10.3 Å². The van der Waals surface area contributed by atoms with E-state index in [1.807, 2.05) is 13.8 Å². The van der Waals surface area contributed by atoms with Gasteiger partial charge >= 0.3 is 0 Å². The van der Waals surface area contributed by atoms with Crippen molar-refractivity contribution >= 4 is 17.5 Å². The average Bonchev–Trinajstić information content (AvgIpc) is 2.26. The number of carbonyl (C=O) groups is 1. The van der Waals surface area contributed by atoms with E-state index in [1.165, 1.54) is 0 Å². The molecule has 0 radical (unpaired) electrons. The standard InChI is InChI=1S/C13H19ClN2O2/c1-8(2)11(7-18-4)16-13(17)10-5-9(3)15-12(14)6-10/h5-6,8,11H,7H2,1-4H3,(H,16,17). The van der Waals surface area contributed by atoms with Gasteiger partial charge < -0.3 is 10.1 Å². The molecule has 0 saturated heterocycles. The maximum Gasteiger partial charge on any atom is 0.251 e. The summed E-state index contributed by atoms with van der Waals surface area (Å²) in [6, 6.07) is 3.26. The quantitative estimate of drug-likeness (QED) is 0.836. The van der Waals surface area contributed by atoms with Crippen LogP contribution in [-0.4, -0.2) is 30.6 Å². The molecule has 5 heteroatoms. The lowest BCUT2D eigenvalue weighted by Crippen LogP contribution is -2.41. The molecule has 0 aliphatic heterocycles. The SMILES string of the molecule is COCC(NC(=O)c1cc(C)nc(Cl)c1)C(C)C. The third-order valence-electron chi connectivity index (χ3n) is 2.65. The predicted molar refractivity (Wildman–Crippen MR) is 72.0 cm³/mol. The summed E-state index contributed by atoms with van der Waals surface area (Å²) in [6.07, 6.45) is 0. The summed E-state index contributed by atoms with van der Waals surface area (Å²) in [5.41, 5.74) is 1.25. The number of aromatic nitrogens is 1. The number of ether oxygens (including phenoxy) is 1. The second-order valence-electron chi connectivity index (χ2n) is 4.60. The number of rotatable bonds is 5. The number of methoxy groups -OCH3 is 1. The smallest absolute Gasteiger partial charge is 0.251 e. The molecule has 1 rings (SSSR count). The van der Waals surface area contributed by atoms with Crippen molar-refractivity contribution in [2.75, 3.05) is 13.7 Å². The van der Waals surface area contributed by atoms with E-state index >= 15 is 0 Å². The molecular weight excluding hydrogens is 252 g/mol. The summed E-state index contributed by atoms with van der Waals surface area (Å²) < 4.78 is 5.10. The zero-order valence-electron chi connectivity index (χ0n) is 11.2. The topological polar surface area (TPSA) is 51.2 Å². The van der Waals surface area contributed by atoms with Crippen molar-refractivity contribution in [3.05, 3.63) is 28.5 Å². The van der Waals surface area contributed by atoms with Crippen molar-refractivity contribution in [2.24, 2.45) is 5.92 Å². The fourth-order valence-electron chi connectivity index (χ4n) is 1.59. The Labute approximate surface area is 113 Å². The van der Waals surface area contributed by atoms with E-state index in [1.54, 1.807) is 26.2 Å². The maximum atomic E-state index is 12.1. The molecule has 1 aromatic rings. The van der Waals surface area contributed by atoms with Gasteiger partial charge in [-0.1, -0.05) is 25.4 Å². The van der Waals surface area contributed by atoms with E-state index in [4.69, 9.17) is 16.3 Å². The molecule has 18 heavy (non-hydrogen) atoms. The van der Waals surface area contributed by atoms with Gasteiger partial charge in [0.2, 0.25) is 0 Å². The fourth-order valence-corrected chi connectivity index (χ4v) is 1.84. The molecule has 0 aromatic carbocycles. The Kier molecular flexibility index (Phi) is 5.56. The predicted octanol–water partition coefficient (Wildman–Crippen LogP) is 2.44. The highest BCUT2D eigenvalue weighted by Crippen LogP contribution is 2.11. The van der Waals surface area contributed by atoms with Gasteiger partial charge in [-0.05, 0) is 25.0 Å². The zero-order valence-corrected chi connectivity index (χ0v) is 11.9. The van der Waals surface area contributed by atoms with Crippen LogP contribution in [0.15, 0.2) is 12.1 Å². The van der Waals surface area contributed by atoms with Crippen LogP contribution in [0.1, 0.15) is 29.9 Å². The highest BCUT2D eigenvalue weighted by atomic mass is 35.5. The molecular formula is C13H19ClN2O2. The Bertz CT molecular complexity index is 401. The van der Waals surface area contributed by atoms with Gasteiger partial charge in [0.1, 0.15) is 5.15 Å². The largest absolute Gasteiger partial charge is 0.383 e. The number of pyridine rings is 1. The first-order chi connectivity index (χ1) is 8.43. The first-order valence-corrected chi connectivity index (χ1v) is 6.25. The number of carbonyl (C=O) groups excluding carboxylic acids is 1. The van der Waals surface area contributed by atoms with Gasteiger partial charge in [-0.15, -0.1) is 0 Å². The molecule has 1 unspecified atom stereocenters. The van der Waals surface area contributed by atoms with E-state index in [2.05, 4.69) is 10.3 Å². The highest BCUT2D eigenvalue weighted by molar-refractivity contribution is 6.29. The van der Waals surface area contributed by atoms with Crippen LogP contribution < -0.4 is 5.32 Å². The number of amides is 1. The van der Waals surface area contributed by atoms with Crippen molar-refractivity contribution in [3.8, 4) is 0 Å². The van der Waals surface area contributed by atoms with Crippen LogP contribution in [0.25, 0.3) is 0 Å². The van der Waals surface area contributed by atoms with Gasteiger partial charge in [-0.2, -0.15) is 0 Å². The first kappa shape index (κ1) is 14.9. The van der Waals surface area contributed by atoms with Crippen LogP contribution in [0.5, 0.6) is 0 Å². The molecule has 1 amide bonds. The lowest BCUT2D eigenvalue weighted by atomic mass is 10.0. The van der Waals surface area contributed by atoms with Crippen molar-refractivity contribution in [2.45, 2.75) is 26.8 Å². The van der Waals surface area contributed by atoms with Gasteiger partial charge in [0, 0.05) is 18.4 Å². The van der Waals surface area contributed by atoms with Crippen LogP contribution in [0.3, 0.4) is 0 Å². The number of halogens is 1. The zero-order chi connectivity index (χ0) is 13.7. The Morgan fingerprint density at radius 1 is 1.50 bits per heavy atom. The maximum absolute atomic E-state index is 12.1. The van der Waals surface area contributed by atoms with Crippen LogP contribution in [-0.2, 0) is 4.74 Å². The molecule has 1 N–H and O–H groups in total. The molecule has 0 fully saturated rings. The van der Waals surface area contributed by atoms with Crippen LogP contribution in [0.4, 0.5) is 0 Å².